The van der Waals surface area contributed by atoms with Gasteiger partial charge in [0.1, 0.15) is 29.4 Å². The number of rotatable bonds is 3. The van der Waals surface area contributed by atoms with Crippen molar-refractivity contribution in [3.05, 3.63) is 102 Å². The molecule has 144 valence electrons. The highest BCUT2D eigenvalue weighted by Crippen LogP contribution is 2.29. The first-order valence-electron chi connectivity index (χ1n) is 8.84. The molecule has 0 aliphatic carbocycles. The fraction of sp³-hybridized carbons (Fsp3) is 0.0870. The van der Waals surface area contributed by atoms with Crippen molar-refractivity contribution in [3.63, 3.8) is 0 Å². The van der Waals surface area contributed by atoms with E-state index in [4.69, 9.17) is 4.74 Å². The third-order valence-electron chi connectivity index (χ3n) is 4.24. The molecule has 0 spiro atoms. The number of nitrogens with zero attached hydrogens (tertiary/aromatic N) is 2. The number of benzene rings is 2. The zero-order valence-electron chi connectivity index (χ0n) is 15.1. The van der Waals surface area contributed by atoms with Crippen LogP contribution < -0.4 is 4.74 Å². The van der Waals surface area contributed by atoms with Crippen molar-refractivity contribution in [1.82, 2.24) is 9.38 Å². The van der Waals surface area contributed by atoms with E-state index in [1.54, 1.807) is 10.5 Å². The van der Waals surface area contributed by atoms with Crippen molar-refractivity contribution in [2.24, 2.45) is 0 Å². The Hall–Kier alpha value is -3.72. The lowest BCUT2D eigenvalue weighted by Gasteiger charge is -2.06. The molecule has 2 heterocycles. The molecule has 0 aliphatic rings. The third-order valence-corrected chi connectivity index (χ3v) is 4.24. The Kier molecular flexibility index (Phi) is 4.96. The van der Waals surface area contributed by atoms with Gasteiger partial charge in [-0.15, -0.1) is 0 Å². The first-order valence-corrected chi connectivity index (χ1v) is 8.84. The van der Waals surface area contributed by atoms with Gasteiger partial charge in [-0.2, -0.15) is 13.2 Å². The zero-order valence-corrected chi connectivity index (χ0v) is 15.1. The summed E-state index contributed by atoms with van der Waals surface area (Å²) in [4.78, 5) is 4.55. The van der Waals surface area contributed by atoms with Crippen LogP contribution >= 0.6 is 0 Å². The monoisotopic (exact) mass is 392 g/mol. The lowest BCUT2D eigenvalue weighted by molar-refractivity contribution is -0.137. The third kappa shape index (κ3) is 4.25. The van der Waals surface area contributed by atoms with E-state index in [1.165, 1.54) is 6.07 Å². The van der Waals surface area contributed by atoms with Crippen LogP contribution in [0.4, 0.5) is 13.2 Å². The van der Waals surface area contributed by atoms with E-state index in [2.05, 4.69) is 16.8 Å². The Morgan fingerprint density at radius 1 is 0.897 bits per heavy atom. The van der Waals surface area contributed by atoms with Crippen LogP contribution in [0.25, 0.3) is 5.65 Å². The topological polar surface area (TPSA) is 26.5 Å². The number of halogens is 3. The zero-order chi connectivity index (χ0) is 20.3. The Balaban J connectivity index is 1.69. The van der Waals surface area contributed by atoms with Crippen LogP contribution in [0.2, 0.25) is 0 Å². The lowest BCUT2D eigenvalue weighted by Crippen LogP contribution is -2.04. The minimum Gasteiger partial charge on any atom is -0.487 e. The summed E-state index contributed by atoms with van der Waals surface area (Å²) in [6, 6.07) is 19.8. The van der Waals surface area contributed by atoms with Crippen molar-refractivity contribution >= 4 is 5.65 Å². The first kappa shape index (κ1) is 18.6. The Bertz CT molecular complexity index is 1200. The van der Waals surface area contributed by atoms with E-state index in [-0.39, 0.29) is 12.2 Å². The highest BCUT2D eigenvalue weighted by molar-refractivity contribution is 5.51. The molecule has 0 bridgehead atoms. The van der Waals surface area contributed by atoms with Gasteiger partial charge in [0.05, 0.1) is 5.56 Å². The maximum absolute atomic E-state index is 12.9. The van der Waals surface area contributed by atoms with Gasteiger partial charge in [0.2, 0.25) is 0 Å². The molecule has 0 aliphatic heterocycles. The van der Waals surface area contributed by atoms with Gasteiger partial charge in [0.15, 0.2) is 0 Å². The van der Waals surface area contributed by atoms with Gasteiger partial charge in [-0.05, 0) is 48.4 Å². The fourth-order valence-corrected chi connectivity index (χ4v) is 2.85. The number of alkyl halides is 3. The van der Waals surface area contributed by atoms with Gasteiger partial charge in [-0.3, -0.25) is 4.40 Å². The summed E-state index contributed by atoms with van der Waals surface area (Å²) in [7, 11) is 0. The Morgan fingerprint density at radius 2 is 1.69 bits per heavy atom. The summed E-state index contributed by atoms with van der Waals surface area (Å²) < 4.78 is 46.4. The van der Waals surface area contributed by atoms with Crippen LogP contribution in [-0.2, 0) is 12.8 Å². The number of para-hydroxylation sites is 1. The van der Waals surface area contributed by atoms with E-state index < -0.39 is 11.7 Å². The van der Waals surface area contributed by atoms with Gasteiger partial charge in [-0.1, -0.05) is 36.3 Å². The largest absolute Gasteiger partial charge is 0.487 e. The van der Waals surface area contributed by atoms with Crippen LogP contribution in [0.1, 0.15) is 22.5 Å². The van der Waals surface area contributed by atoms with Crippen molar-refractivity contribution in [1.29, 1.82) is 0 Å². The van der Waals surface area contributed by atoms with Crippen molar-refractivity contribution < 1.29 is 17.9 Å². The van der Waals surface area contributed by atoms with Crippen LogP contribution in [0, 0.1) is 11.8 Å². The minimum atomic E-state index is -4.41. The summed E-state index contributed by atoms with van der Waals surface area (Å²) in [6.45, 7) is 0.193. The molecule has 0 N–H and O–H groups in total. The maximum Gasteiger partial charge on any atom is 0.416 e. The Labute approximate surface area is 165 Å². The second-order valence-corrected chi connectivity index (χ2v) is 6.27. The second kappa shape index (κ2) is 7.72. The molecule has 0 fully saturated rings. The van der Waals surface area contributed by atoms with Crippen LogP contribution in [0.3, 0.4) is 0 Å². The maximum atomic E-state index is 12.9. The van der Waals surface area contributed by atoms with E-state index >= 15 is 0 Å². The molecule has 2 aromatic heterocycles. The van der Waals surface area contributed by atoms with Crippen molar-refractivity contribution in [2.45, 2.75) is 12.8 Å². The molecule has 4 rings (SSSR count). The summed E-state index contributed by atoms with van der Waals surface area (Å²) >= 11 is 0. The molecule has 0 amide bonds. The normalized spacial score (nSPS) is 11.1. The number of fused-ring (bicyclic) bond motifs is 1. The number of hydrogen-bond acceptors (Lipinski definition) is 2. The summed E-state index contributed by atoms with van der Waals surface area (Å²) in [5.41, 5.74) is 1.43. The van der Waals surface area contributed by atoms with Crippen LogP contribution in [0.15, 0.2) is 79.0 Å². The molecule has 0 saturated carbocycles. The number of aromatic nitrogens is 2. The van der Waals surface area contributed by atoms with E-state index in [1.807, 2.05) is 54.7 Å². The van der Waals surface area contributed by atoms with E-state index in [0.717, 1.165) is 12.1 Å². The minimum absolute atomic E-state index is 0.193. The Morgan fingerprint density at radius 3 is 2.48 bits per heavy atom. The molecular formula is C23H15F3N2O. The van der Waals surface area contributed by atoms with Gasteiger partial charge >= 0.3 is 6.18 Å². The molecule has 2 aromatic carbocycles. The standard InChI is InChI=1S/C23H15F3N2O/c24-23(25,26)18-8-6-7-17(15-18)12-13-21-20(16-29-19-9-2-1-3-10-19)27-22-11-4-5-14-28(21)22/h1-11,14-15H,16H2. The van der Waals surface area contributed by atoms with Gasteiger partial charge in [0, 0.05) is 11.8 Å². The number of pyridine rings is 1. The fourth-order valence-electron chi connectivity index (χ4n) is 2.85. The van der Waals surface area contributed by atoms with Gasteiger partial charge < -0.3 is 4.74 Å². The number of imidazole rings is 1. The van der Waals surface area contributed by atoms with Crippen molar-refractivity contribution in [2.75, 3.05) is 0 Å². The number of hydrogen-bond donors (Lipinski definition) is 0. The van der Waals surface area contributed by atoms with Crippen LogP contribution in [-0.4, -0.2) is 9.38 Å². The lowest BCUT2D eigenvalue weighted by atomic mass is 10.1. The molecular weight excluding hydrogens is 377 g/mol. The smallest absolute Gasteiger partial charge is 0.416 e. The summed E-state index contributed by atoms with van der Waals surface area (Å²) in [5.74, 6) is 6.49. The molecule has 3 nitrogen and oxygen atoms in total. The summed E-state index contributed by atoms with van der Waals surface area (Å²) in [5, 5.41) is 0. The molecule has 6 heteroatoms. The SMILES string of the molecule is FC(F)(F)c1cccc(C#Cc2c(COc3ccccc3)nc3ccccn23)c1. The molecule has 0 saturated heterocycles. The number of ether oxygens (including phenoxy) is 1. The highest BCUT2D eigenvalue weighted by atomic mass is 19.4. The average molecular weight is 392 g/mol. The van der Waals surface area contributed by atoms with Gasteiger partial charge in [0.25, 0.3) is 0 Å². The predicted octanol–water partition coefficient (Wildman–Crippen LogP) is 5.33. The summed E-state index contributed by atoms with van der Waals surface area (Å²) in [6.07, 6.45) is -2.60. The predicted molar refractivity (Wildman–Crippen MR) is 103 cm³/mol. The molecule has 0 atom stereocenters. The first-order chi connectivity index (χ1) is 14.0. The van der Waals surface area contributed by atoms with E-state index in [0.29, 0.717) is 22.8 Å². The highest BCUT2D eigenvalue weighted by Gasteiger charge is 2.30. The van der Waals surface area contributed by atoms with Crippen molar-refractivity contribution in [3.8, 4) is 17.6 Å². The average Bonchev–Trinajstić information content (AvgIpc) is 3.08. The molecule has 29 heavy (non-hydrogen) atoms. The van der Waals surface area contributed by atoms with E-state index in [9.17, 15) is 13.2 Å². The molecule has 4 aromatic rings. The molecule has 0 unspecified atom stereocenters. The van der Waals surface area contributed by atoms with Gasteiger partial charge in [-0.25, -0.2) is 4.98 Å². The quantitative estimate of drug-likeness (QED) is 0.441. The molecule has 0 radical (unpaired) electrons. The second-order valence-electron chi connectivity index (χ2n) is 6.27. The van der Waals surface area contributed by atoms with Crippen LogP contribution in [0.5, 0.6) is 5.75 Å².